The minimum Gasteiger partial charge on any atom is -0.481 e. The molecule has 4 aromatic rings. The number of nitrogens with zero attached hydrogens (tertiary/aromatic N) is 2. The summed E-state index contributed by atoms with van der Waals surface area (Å²) < 4.78 is 15.2. The topological polar surface area (TPSA) is 96.2 Å². The van der Waals surface area contributed by atoms with E-state index in [4.69, 9.17) is 28.3 Å². The SMILES string of the molecule is O=C(O)Cc1cccc(-n2nc(-c3cccc(F)c3)cc2NC(=O)Nc2cccc(Cl)c2Cl)c1. The number of aliphatic carboxylic acids is 1. The first kappa shape index (κ1) is 23.3. The Morgan fingerprint density at radius 2 is 1.74 bits per heavy atom. The second-order valence-corrected chi connectivity index (χ2v) is 8.04. The van der Waals surface area contributed by atoms with Crippen LogP contribution in [0.1, 0.15) is 5.56 Å². The van der Waals surface area contributed by atoms with Crippen LogP contribution in [0.5, 0.6) is 0 Å². The molecular weight excluding hydrogens is 482 g/mol. The van der Waals surface area contributed by atoms with E-state index in [1.54, 1.807) is 60.7 Å². The van der Waals surface area contributed by atoms with Crippen molar-refractivity contribution in [2.24, 2.45) is 0 Å². The number of carbonyl (C=O) groups is 2. The van der Waals surface area contributed by atoms with Gasteiger partial charge in [0.25, 0.3) is 0 Å². The van der Waals surface area contributed by atoms with Gasteiger partial charge in [-0.25, -0.2) is 13.9 Å². The van der Waals surface area contributed by atoms with Crippen LogP contribution in [0.2, 0.25) is 10.0 Å². The molecule has 10 heteroatoms. The lowest BCUT2D eigenvalue weighted by Gasteiger charge is -2.12. The van der Waals surface area contributed by atoms with Crippen LogP contribution in [0.15, 0.2) is 72.8 Å². The number of benzene rings is 3. The van der Waals surface area contributed by atoms with Gasteiger partial charge in [-0.3, -0.25) is 10.1 Å². The number of halogens is 3. The quantitative estimate of drug-likeness (QED) is 0.292. The Kier molecular flexibility index (Phi) is 6.81. The Morgan fingerprint density at radius 3 is 2.50 bits per heavy atom. The first-order valence-corrected chi connectivity index (χ1v) is 10.7. The largest absolute Gasteiger partial charge is 0.481 e. The number of hydrogen-bond acceptors (Lipinski definition) is 3. The molecule has 0 aliphatic heterocycles. The molecule has 0 saturated heterocycles. The number of rotatable bonds is 6. The number of nitrogens with one attached hydrogen (secondary N) is 2. The van der Waals surface area contributed by atoms with Crippen LogP contribution < -0.4 is 10.6 Å². The number of hydrogen-bond donors (Lipinski definition) is 3. The lowest BCUT2D eigenvalue weighted by atomic mass is 10.1. The van der Waals surface area contributed by atoms with Gasteiger partial charge in [0, 0.05) is 11.6 Å². The van der Waals surface area contributed by atoms with Crippen molar-refractivity contribution in [3.05, 3.63) is 94.2 Å². The van der Waals surface area contributed by atoms with Crippen LogP contribution >= 0.6 is 23.2 Å². The maximum absolute atomic E-state index is 13.8. The molecule has 0 atom stereocenters. The molecule has 0 bridgehead atoms. The van der Waals surface area contributed by atoms with E-state index in [9.17, 15) is 14.0 Å². The van der Waals surface area contributed by atoms with Crippen molar-refractivity contribution in [3.63, 3.8) is 0 Å². The molecule has 3 aromatic carbocycles. The highest BCUT2D eigenvalue weighted by atomic mass is 35.5. The first-order chi connectivity index (χ1) is 16.3. The van der Waals surface area contributed by atoms with Crippen LogP contribution in [0.3, 0.4) is 0 Å². The summed E-state index contributed by atoms with van der Waals surface area (Å²) in [6, 6.07) is 18.4. The molecule has 4 rings (SSSR count). The summed E-state index contributed by atoms with van der Waals surface area (Å²) in [4.78, 5) is 23.9. The summed E-state index contributed by atoms with van der Waals surface area (Å²) in [5, 5.41) is 19.4. The molecular formula is C24H17Cl2FN4O3. The molecule has 0 fully saturated rings. The van der Waals surface area contributed by atoms with Gasteiger partial charge in [0.2, 0.25) is 0 Å². The molecule has 0 aliphatic carbocycles. The average molecular weight is 499 g/mol. The minimum absolute atomic E-state index is 0.178. The van der Waals surface area contributed by atoms with Gasteiger partial charge in [-0.2, -0.15) is 5.10 Å². The fourth-order valence-electron chi connectivity index (χ4n) is 3.30. The maximum atomic E-state index is 13.8. The fraction of sp³-hybridized carbons (Fsp3) is 0.0417. The van der Waals surface area contributed by atoms with Crippen molar-refractivity contribution in [3.8, 4) is 16.9 Å². The van der Waals surface area contributed by atoms with Crippen LogP contribution in [0.4, 0.5) is 20.7 Å². The van der Waals surface area contributed by atoms with Gasteiger partial charge in [0.05, 0.1) is 33.5 Å². The van der Waals surface area contributed by atoms with Crippen molar-refractivity contribution in [2.75, 3.05) is 10.6 Å². The average Bonchev–Trinajstić information content (AvgIpc) is 3.20. The molecule has 0 saturated carbocycles. The smallest absolute Gasteiger partial charge is 0.324 e. The standard InChI is InChI=1S/C24H17Cl2FN4O3/c25-18-8-3-9-19(23(18)26)28-24(34)29-21-13-20(15-5-2-6-16(27)12-15)30-31(21)17-7-1-4-14(10-17)11-22(32)33/h1-10,12-13H,11H2,(H,32,33)(H2,28,29,34). The van der Waals surface area contributed by atoms with Gasteiger partial charge in [0.1, 0.15) is 11.6 Å². The third-order valence-corrected chi connectivity index (χ3v) is 5.60. The zero-order valence-corrected chi connectivity index (χ0v) is 18.9. The van der Waals surface area contributed by atoms with E-state index in [0.29, 0.717) is 28.2 Å². The Morgan fingerprint density at radius 1 is 0.971 bits per heavy atom. The van der Waals surface area contributed by atoms with E-state index in [1.165, 1.54) is 16.8 Å². The number of carboxylic acid groups (broad SMARTS) is 1. The monoisotopic (exact) mass is 498 g/mol. The first-order valence-electron chi connectivity index (χ1n) is 9.99. The molecule has 7 nitrogen and oxygen atoms in total. The molecule has 172 valence electrons. The van der Waals surface area contributed by atoms with Crippen molar-refractivity contribution in [1.29, 1.82) is 0 Å². The third kappa shape index (κ3) is 5.36. The Balaban J connectivity index is 1.71. The van der Waals surface area contributed by atoms with E-state index in [-0.39, 0.29) is 22.3 Å². The predicted octanol–water partition coefficient (Wildman–Crippen LogP) is 6.26. The molecule has 0 spiro atoms. The van der Waals surface area contributed by atoms with Crippen LogP contribution in [0, 0.1) is 5.82 Å². The van der Waals surface area contributed by atoms with E-state index >= 15 is 0 Å². The van der Waals surface area contributed by atoms with Crippen molar-refractivity contribution in [2.45, 2.75) is 6.42 Å². The molecule has 0 aliphatic rings. The van der Waals surface area contributed by atoms with Gasteiger partial charge in [-0.05, 0) is 42.0 Å². The number of aromatic nitrogens is 2. The van der Waals surface area contributed by atoms with Gasteiger partial charge in [-0.1, -0.05) is 53.5 Å². The van der Waals surface area contributed by atoms with Crippen LogP contribution in [-0.4, -0.2) is 26.9 Å². The second kappa shape index (κ2) is 9.94. The number of amides is 2. The Hall–Kier alpha value is -3.88. The number of anilines is 2. The summed E-state index contributed by atoms with van der Waals surface area (Å²) in [6.45, 7) is 0. The Labute approximate surface area is 203 Å². The van der Waals surface area contributed by atoms with Gasteiger partial charge in [-0.15, -0.1) is 0 Å². The highest BCUT2D eigenvalue weighted by Gasteiger charge is 2.16. The summed E-state index contributed by atoms with van der Waals surface area (Å²) in [7, 11) is 0. The highest BCUT2D eigenvalue weighted by molar-refractivity contribution is 6.44. The van der Waals surface area contributed by atoms with Crippen molar-refractivity contribution < 1.29 is 19.1 Å². The van der Waals surface area contributed by atoms with E-state index < -0.39 is 17.8 Å². The van der Waals surface area contributed by atoms with Crippen LogP contribution in [0.25, 0.3) is 16.9 Å². The summed E-state index contributed by atoms with van der Waals surface area (Å²) in [6.07, 6.45) is -0.178. The third-order valence-electron chi connectivity index (χ3n) is 4.78. The van der Waals surface area contributed by atoms with Crippen LogP contribution in [-0.2, 0) is 11.2 Å². The lowest BCUT2D eigenvalue weighted by molar-refractivity contribution is -0.136. The number of carbonyl (C=O) groups excluding carboxylic acids is 1. The molecule has 2 amide bonds. The van der Waals surface area contributed by atoms with Gasteiger partial charge < -0.3 is 10.4 Å². The van der Waals surface area contributed by atoms with Gasteiger partial charge in [0.15, 0.2) is 0 Å². The zero-order valence-electron chi connectivity index (χ0n) is 17.4. The van der Waals surface area contributed by atoms with Crippen molar-refractivity contribution >= 4 is 46.7 Å². The van der Waals surface area contributed by atoms with E-state index in [0.717, 1.165) is 0 Å². The summed E-state index contributed by atoms with van der Waals surface area (Å²) >= 11 is 12.2. The Bertz CT molecular complexity index is 1390. The lowest BCUT2D eigenvalue weighted by Crippen LogP contribution is -2.21. The number of carboxylic acids is 1. The number of urea groups is 1. The maximum Gasteiger partial charge on any atom is 0.324 e. The predicted molar refractivity (Wildman–Crippen MR) is 129 cm³/mol. The van der Waals surface area contributed by atoms with Gasteiger partial charge >= 0.3 is 12.0 Å². The normalized spacial score (nSPS) is 10.7. The molecule has 0 radical (unpaired) electrons. The second-order valence-electron chi connectivity index (χ2n) is 7.26. The van der Waals surface area contributed by atoms with E-state index in [2.05, 4.69) is 15.7 Å². The summed E-state index contributed by atoms with van der Waals surface area (Å²) in [5.41, 5.74) is 2.28. The molecule has 1 heterocycles. The molecule has 1 aromatic heterocycles. The molecule has 3 N–H and O–H groups in total. The summed E-state index contributed by atoms with van der Waals surface area (Å²) in [5.74, 6) is -1.14. The fourth-order valence-corrected chi connectivity index (χ4v) is 3.65. The minimum atomic E-state index is -0.978. The highest BCUT2D eigenvalue weighted by Crippen LogP contribution is 2.30. The molecule has 34 heavy (non-hydrogen) atoms. The zero-order chi connectivity index (χ0) is 24.2. The van der Waals surface area contributed by atoms with E-state index in [1.807, 2.05) is 0 Å². The molecule has 0 unspecified atom stereocenters. The van der Waals surface area contributed by atoms with Crippen molar-refractivity contribution in [1.82, 2.24) is 9.78 Å².